The second-order valence-electron chi connectivity index (χ2n) is 7.67. The minimum Gasteiger partial charge on any atom is -0.465 e. The predicted molar refractivity (Wildman–Crippen MR) is 123 cm³/mol. The van der Waals surface area contributed by atoms with E-state index in [0.29, 0.717) is 24.1 Å². The Hall–Kier alpha value is -2.12. The van der Waals surface area contributed by atoms with Gasteiger partial charge in [-0.2, -0.15) is 0 Å². The van der Waals surface area contributed by atoms with Crippen molar-refractivity contribution in [3.63, 3.8) is 0 Å². The number of esters is 1. The zero-order chi connectivity index (χ0) is 21.3. The third-order valence-electron chi connectivity index (χ3n) is 5.48. The molecule has 30 heavy (non-hydrogen) atoms. The number of thiophene rings is 1. The van der Waals surface area contributed by atoms with Gasteiger partial charge >= 0.3 is 5.97 Å². The largest absolute Gasteiger partial charge is 0.465 e. The van der Waals surface area contributed by atoms with E-state index < -0.39 is 5.25 Å². The van der Waals surface area contributed by atoms with Crippen molar-refractivity contribution in [3.05, 3.63) is 51.1 Å². The third-order valence-corrected chi connectivity index (χ3v) is 7.92. The molecule has 4 rings (SSSR count). The van der Waals surface area contributed by atoms with Crippen LogP contribution in [0.1, 0.15) is 44.1 Å². The molecule has 2 atom stereocenters. The monoisotopic (exact) mass is 442 g/mol. The standard InChI is InChI=1S/C23H26N2O3S2/c1-4-17(22(27)28-5-2)30-23-24-20-19(16-12-11-14(3)13-18(16)29-20)21(26)25(23)15-9-7-6-8-10-15/h6-10,14,17H,4-5,11-13H2,1-3H3. The number of para-hydroxylation sites is 1. The maximum Gasteiger partial charge on any atom is 0.319 e. The molecule has 0 N–H and O–H groups in total. The Balaban J connectivity index is 1.90. The molecule has 1 aliphatic carbocycles. The lowest BCUT2D eigenvalue weighted by Gasteiger charge is -2.18. The first-order valence-corrected chi connectivity index (χ1v) is 12.2. The van der Waals surface area contributed by atoms with Crippen LogP contribution in [0, 0.1) is 5.92 Å². The summed E-state index contributed by atoms with van der Waals surface area (Å²) in [5.41, 5.74) is 1.89. The van der Waals surface area contributed by atoms with Crippen LogP contribution in [0.2, 0.25) is 0 Å². The molecule has 5 nitrogen and oxygen atoms in total. The van der Waals surface area contributed by atoms with Crippen LogP contribution in [-0.4, -0.2) is 27.4 Å². The van der Waals surface area contributed by atoms with E-state index in [4.69, 9.17) is 9.72 Å². The van der Waals surface area contributed by atoms with E-state index in [2.05, 4.69) is 6.92 Å². The minimum absolute atomic E-state index is 0.0422. The molecule has 0 fully saturated rings. The summed E-state index contributed by atoms with van der Waals surface area (Å²) < 4.78 is 6.90. The fourth-order valence-electron chi connectivity index (χ4n) is 3.92. The topological polar surface area (TPSA) is 61.2 Å². The number of carbonyl (C=O) groups excluding carboxylic acids is 1. The number of benzene rings is 1. The van der Waals surface area contributed by atoms with E-state index in [0.717, 1.165) is 35.2 Å². The van der Waals surface area contributed by atoms with E-state index in [1.807, 2.05) is 37.3 Å². The van der Waals surface area contributed by atoms with Crippen molar-refractivity contribution in [2.75, 3.05) is 6.61 Å². The first-order valence-electron chi connectivity index (χ1n) is 10.5. The second-order valence-corrected chi connectivity index (χ2v) is 9.92. The van der Waals surface area contributed by atoms with Crippen molar-refractivity contribution in [1.82, 2.24) is 9.55 Å². The van der Waals surface area contributed by atoms with Gasteiger partial charge in [-0.15, -0.1) is 11.3 Å². The normalized spacial score (nSPS) is 17.0. The average Bonchev–Trinajstić information content (AvgIpc) is 3.10. The summed E-state index contributed by atoms with van der Waals surface area (Å²) >= 11 is 2.95. The van der Waals surface area contributed by atoms with Crippen molar-refractivity contribution in [2.24, 2.45) is 5.92 Å². The van der Waals surface area contributed by atoms with Gasteiger partial charge in [-0.25, -0.2) is 4.98 Å². The molecule has 158 valence electrons. The zero-order valence-corrected chi connectivity index (χ0v) is 19.1. The Kier molecular flexibility index (Phi) is 6.29. The molecule has 2 unspecified atom stereocenters. The third kappa shape index (κ3) is 3.93. The SMILES string of the molecule is CCOC(=O)C(CC)Sc1nc2sc3c(c2c(=O)n1-c1ccccc1)CCC(C)C3. The Morgan fingerprint density at radius 2 is 2.10 bits per heavy atom. The van der Waals surface area contributed by atoms with Crippen LogP contribution in [0.5, 0.6) is 0 Å². The van der Waals surface area contributed by atoms with Crippen molar-refractivity contribution < 1.29 is 9.53 Å². The molecule has 0 bridgehead atoms. The van der Waals surface area contributed by atoms with Gasteiger partial charge in [-0.05, 0) is 56.2 Å². The highest BCUT2D eigenvalue weighted by Crippen LogP contribution is 2.37. The zero-order valence-electron chi connectivity index (χ0n) is 17.5. The summed E-state index contributed by atoms with van der Waals surface area (Å²) in [6, 6.07) is 9.56. The second kappa shape index (κ2) is 8.94. The number of thioether (sulfide) groups is 1. The number of hydrogen-bond donors (Lipinski definition) is 0. The number of nitrogens with zero attached hydrogens (tertiary/aromatic N) is 2. The molecule has 0 spiro atoms. The van der Waals surface area contributed by atoms with Crippen LogP contribution < -0.4 is 5.56 Å². The lowest BCUT2D eigenvalue weighted by atomic mass is 9.89. The number of carbonyl (C=O) groups is 1. The predicted octanol–water partition coefficient (Wildman–Crippen LogP) is 5.01. The smallest absolute Gasteiger partial charge is 0.319 e. The molecule has 0 radical (unpaired) electrons. The van der Waals surface area contributed by atoms with Gasteiger partial charge in [0.15, 0.2) is 5.16 Å². The van der Waals surface area contributed by atoms with Crippen molar-refractivity contribution in [3.8, 4) is 5.69 Å². The summed E-state index contributed by atoms with van der Waals surface area (Å²) in [5.74, 6) is 0.363. The Morgan fingerprint density at radius 3 is 2.80 bits per heavy atom. The highest BCUT2D eigenvalue weighted by atomic mass is 32.2. The Labute approximate surface area is 184 Å². The number of fused-ring (bicyclic) bond motifs is 3. The summed E-state index contributed by atoms with van der Waals surface area (Å²) in [7, 11) is 0. The van der Waals surface area contributed by atoms with E-state index in [1.165, 1.54) is 22.2 Å². The molecule has 0 saturated heterocycles. The summed E-state index contributed by atoms with van der Waals surface area (Å²) in [5, 5.41) is 0.892. The molecule has 0 aliphatic heterocycles. The molecule has 2 heterocycles. The lowest BCUT2D eigenvalue weighted by Crippen LogP contribution is -2.25. The van der Waals surface area contributed by atoms with Crippen LogP contribution in [0.3, 0.4) is 0 Å². The van der Waals surface area contributed by atoms with Crippen LogP contribution in [0.25, 0.3) is 15.9 Å². The van der Waals surface area contributed by atoms with Crippen LogP contribution in [0.4, 0.5) is 0 Å². The molecule has 0 saturated carbocycles. The van der Waals surface area contributed by atoms with Gasteiger partial charge in [0.05, 0.1) is 17.7 Å². The molecule has 1 aromatic carbocycles. The minimum atomic E-state index is -0.404. The summed E-state index contributed by atoms with van der Waals surface area (Å²) in [6.45, 7) is 6.35. The van der Waals surface area contributed by atoms with E-state index in [9.17, 15) is 9.59 Å². The first kappa shape index (κ1) is 21.1. The summed E-state index contributed by atoms with van der Waals surface area (Å²) in [6.07, 6.45) is 3.63. The van der Waals surface area contributed by atoms with Crippen molar-refractivity contribution >= 4 is 39.3 Å². The number of hydrogen-bond acceptors (Lipinski definition) is 6. The van der Waals surface area contributed by atoms with Crippen LogP contribution in [-0.2, 0) is 22.4 Å². The Morgan fingerprint density at radius 1 is 1.33 bits per heavy atom. The number of aryl methyl sites for hydroxylation is 1. The summed E-state index contributed by atoms with van der Waals surface area (Å²) in [4.78, 5) is 33.1. The van der Waals surface area contributed by atoms with Gasteiger partial charge in [-0.1, -0.05) is 43.8 Å². The molecular weight excluding hydrogens is 416 g/mol. The molecule has 3 aromatic rings. The van der Waals surface area contributed by atoms with Gasteiger partial charge in [0, 0.05) is 4.88 Å². The molecule has 0 amide bonds. The average molecular weight is 443 g/mol. The fraction of sp³-hybridized carbons (Fsp3) is 0.435. The maximum absolute atomic E-state index is 13.7. The van der Waals surface area contributed by atoms with Gasteiger partial charge < -0.3 is 4.74 Å². The van der Waals surface area contributed by atoms with Crippen LogP contribution in [0.15, 0.2) is 40.3 Å². The first-order chi connectivity index (χ1) is 14.5. The van der Waals surface area contributed by atoms with Gasteiger partial charge in [0.25, 0.3) is 5.56 Å². The quantitative estimate of drug-likeness (QED) is 0.305. The van der Waals surface area contributed by atoms with E-state index in [1.54, 1.807) is 22.8 Å². The van der Waals surface area contributed by atoms with Crippen molar-refractivity contribution in [2.45, 2.75) is 56.9 Å². The maximum atomic E-state index is 13.7. The lowest BCUT2D eigenvalue weighted by molar-refractivity contribution is -0.142. The fourth-order valence-corrected chi connectivity index (χ4v) is 6.37. The highest BCUT2D eigenvalue weighted by Gasteiger charge is 2.27. The van der Waals surface area contributed by atoms with Gasteiger partial charge in [0.2, 0.25) is 0 Å². The molecule has 1 aliphatic rings. The van der Waals surface area contributed by atoms with E-state index in [-0.39, 0.29) is 11.5 Å². The molecular formula is C23H26N2O3S2. The molecule has 7 heteroatoms. The Bertz CT molecular complexity index is 1120. The number of rotatable bonds is 6. The molecule has 2 aromatic heterocycles. The number of aromatic nitrogens is 2. The number of ether oxygens (including phenoxy) is 1. The van der Waals surface area contributed by atoms with Gasteiger partial charge in [0.1, 0.15) is 10.1 Å². The van der Waals surface area contributed by atoms with Crippen molar-refractivity contribution in [1.29, 1.82) is 0 Å². The highest BCUT2D eigenvalue weighted by molar-refractivity contribution is 8.00. The van der Waals surface area contributed by atoms with Crippen LogP contribution >= 0.6 is 23.1 Å². The van der Waals surface area contributed by atoms with E-state index >= 15 is 0 Å². The van der Waals surface area contributed by atoms with Gasteiger partial charge in [-0.3, -0.25) is 14.2 Å².